The normalized spacial score (nSPS) is 11.9. The van der Waals surface area contributed by atoms with Crippen LogP contribution in [0.3, 0.4) is 0 Å². The van der Waals surface area contributed by atoms with Crippen molar-refractivity contribution in [2.45, 2.75) is 0 Å². The molecule has 0 amide bonds. The highest BCUT2D eigenvalue weighted by Crippen LogP contribution is 2.51. The fourth-order valence-electron chi connectivity index (χ4n) is 9.01. The van der Waals surface area contributed by atoms with Crippen LogP contribution in [0, 0.1) is 0 Å². The maximum absolute atomic E-state index is 5.25. The summed E-state index contributed by atoms with van der Waals surface area (Å²) >= 11 is 1.91. The highest BCUT2D eigenvalue weighted by Gasteiger charge is 2.26. The molecule has 266 valence electrons. The van der Waals surface area contributed by atoms with Crippen LogP contribution in [0.5, 0.6) is 0 Å². The first-order valence-electron chi connectivity index (χ1n) is 19.4. The number of thiophene rings is 1. The van der Waals surface area contributed by atoms with Crippen LogP contribution >= 0.6 is 11.3 Å². The Bertz CT molecular complexity index is 3430. The summed E-state index contributed by atoms with van der Waals surface area (Å²) in [6.07, 6.45) is 0. The third kappa shape index (κ3) is 4.88. The molecular formula is C53H33N3S. The second-order valence-corrected chi connectivity index (χ2v) is 15.7. The molecular weight excluding hydrogens is 711 g/mol. The third-order valence-corrected chi connectivity index (χ3v) is 12.7. The Labute approximate surface area is 333 Å². The van der Waals surface area contributed by atoms with Crippen molar-refractivity contribution in [3.63, 3.8) is 0 Å². The van der Waals surface area contributed by atoms with Crippen molar-refractivity contribution in [2.75, 3.05) is 0 Å². The van der Waals surface area contributed by atoms with E-state index in [4.69, 9.17) is 4.98 Å². The fraction of sp³-hybridized carbons (Fsp3) is 0. The molecule has 12 rings (SSSR count). The molecule has 0 aliphatic rings. The quantitative estimate of drug-likeness (QED) is 0.172. The van der Waals surface area contributed by atoms with Gasteiger partial charge in [0, 0.05) is 59.5 Å². The Morgan fingerprint density at radius 1 is 0.351 bits per heavy atom. The topological polar surface area (TPSA) is 22.8 Å². The Hall–Kier alpha value is -7.27. The molecule has 0 saturated heterocycles. The second-order valence-electron chi connectivity index (χ2n) is 14.7. The van der Waals surface area contributed by atoms with Gasteiger partial charge in [0.1, 0.15) is 0 Å². The van der Waals surface area contributed by atoms with E-state index in [-0.39, 0.29) is 0 Å². The second kappa shape index (κ2) is 12.6. The van der Waals surface area contributed by atoms with Crippen molar-refractivity contribution in [1.82, 2.24) is 14.1 Å². The van der Waals surface area contributed by atoms with E-state index < -0.39 is 0 Å². The summed E-state index contributed by atoms with van der Waals surface area (Å²) in [4.78, 5) is 5.25. The van der Waals surface area contributed by atoms with Gasteiger partial charge in [-0.25, -0.2) is 4.98 Å². The van der Waals surface area contributed by atoms with Crippen molar-refractivity contribution in [3.8, 4) is 45.0 Å². The minimum Gasteiger partial charge on any atom is -0.309 e. The maximum Gasteiger partial charge on any atom is 0.0741 e. The molecule has 0 atom stereocenters. The SMILES string of the molecule is c1ccc(-c2cc(-c3ccccc3)nc(-c3ccc(-n4c5ccccc5c5c6c7ccccc7sc6c6c(c7ccccc7n6-c6ccccc6)c54)cc3)c2)cc1. The van der Waals surface area contributed by atoms with E-state index >= 15 is 0 Å². The molecule has 0 N–H and O–H groups in total. The molecule has 0 bridgehead atoms. The van der Waals surface area contributed by atoms with Crippen LogP contribution in [0.1, 0.15) is 0 Å². The van der Waals surface area contributed by atoms with Crippen LogP contribution < -0.4 is 0 Å². The number of para-hydroxylation sites is 3. The Kier molecular flexibility index (Phi) is 7.10. The standard InChI is InChI=1S/C53H33N3S/c1-4-16-34(17-5-1)37-32-43(35-18-6-2-7-19-35)54-44(33-37)36-28-30-39(31-29-36)55-45-25-13-10-22-40(45)48-49-42-24-12-15-27-47(42)57-53(49)52-50(51(48)55)41-23-11-14-26-46(41)56(52)38-20-8-3-9-21-38/h1-33H. The van der Waals surface area contributed by atoms with Crippen LogP contribution in [0.15, 0.2) is 200 Å². The van der Waals surface area contributed by atoms with Gasteiger partial charge in [0.2, 0.25) is 0 Å². The molecule has 0 aliphatic heterocycles. The lowest BCUT2D eigenvalue weighted by Crippen LogP contribution is -1.96. The van der Waals surface area contributed by atoms with Gasteiger partial charge in [0.15, 0.2) is 0 Å². The molecule has 4 heteroatoms. The fourth-order valence-corrected chi connectivity index (χ4v) is 10.3. The summed E-state index contributed by atoms with van der Waals surface area (Å²) in [6.45, 7) is 0. The smallest absolute Gasteiger partial charge is 0.0741 e. The zero-order chi connectivity index (χ0) is 37.5. The lowest BCUT2D eigenvalue weighted by molar-refractivity contribution is 1.18. The summed E-state index contributed by atoms with van der Waals surface area (Å²) in [6, 6.07) is 72.1. The number of pyridine rings is 1. The predicted molar refractivity (Wildman–Crippen MR) is 242 cm³/mol. The molecule has 4 aromatic heterocycles. The Balaban J connectivity index is 1.17. The van der Waals surface area contributed by atoms with Crippen molar-refractivity contribution >= 4 is 75.1 Å². The van der Waals surface area contributed by atoms with Crippen LogP contribution in [0.2, 0.25) is 0 Å². The Morgan fingerprint density at radius 3 is 1.51 bits per heavy atom. The minimum absolute atomic E-state index is 0.948. The van der Waals surface area contributed by atoms with E-state index in [1.165, 1.54) is 69.3 Å². The highest BCUT2D eigenvalue weighted by molar-refractivity contribution is 7.27. The van der Waals surface area contributed by atoms with E-state index in [1.54, 1.807) is 0 Å². The number of nitrogens with zero attached hydrogens (tertiary/aromatic N) is 3. The molecule has 0 radical (unpaired) electrons. The molecule has 57 heavy (non-hydrogen) atoms. The summed E-state index contributed by atoms with van der Waals surface area (Å²) < 4.78 is 7.61. The number of fused-ring (bicyclic) bond motifs is 12. The van der Waals surface area contributed by atoms with Gasteiger partial charge < -0.3 is 9.13 Å². The van der Waals surface area contributed by atoms with Crippen LogP contribution in [0.4, 0.5) is 0 Å². The first-order valence-corrected chi connectivity index (χ1v) is 20.2. The zero-order valence-electron chi connectivity index (χ0n) is 30.8. The van der Waals surface area contributed by atoms with Gasteiger partial charge in [-0.1, -0.05) is 146 Å². The molecule has 0 spiro atoms. The van der Waals surface area contributed by atoms with E-state index in [9.17, 15) is 0 Å². The first-order chi connectivity index (χ1) is 28.3. The minimum atomic E-state index is 0.948. The number of aromatic nitrogens is 3. The predicted octanol–water partition coefficient (Wildman–Crippen LogP) is 14.6. The van der Waals surface area contributed by atoms with Crippen molar-refractivity contribution in [2.24, 2.45) is 0 Å². The molecule has 0 unspecified atom stereocenters. The summed E-state index contributed by atoms with van der Waals surface area (Å²) in [7, 11) is 0. The van der Waals surface area contributed by atoms with Crippen molar-refractivity contribution in [3.05, 3.63) is 200 Å². The van der Waals surface area contributed by atoms with Crippen LogP contribution in [0.25, 0.3) is 109 Å². The lowest BCUT2D eigenvalue weighted by Gasteiger charge is -2.13. The average molecular weight is 744 g/mol. The zero-order valence-corrected chi connectivity index (χ0v) is 31.6. The highest BCUT2D eigenvalue weighted by atomic mass is 32.1. The molecule has 3 nitrogen and oxygen atoms in total. The molecule has 0 aliphatic carbocycles. The lowest BCUT2D eigenvalue weighted by atomic mass is 10.00. The number of rotatable bonds is 5. The third-order valence-electron chi connectivity index (χ3n) is 11.5. The van der Waals surface area contributed by atoms with Gasteiger partial charge in [-0.2, -0.15) is 0 Å². The van der Waals surface area contributed by atoms with E-state index in [2.05, 4.69) is 209 Å². The molecule has 0 saturated carbocycles. The molecule has 0 fully saturated rings. The summed E-state index contributed by atoms with van der Waals surface area (Å²) in [5.74, 6) is 0. The van der Waals surface area contributed by atoms with Gasteiger partial charge in [-0.3, -0.25) is 0 Å². The van der Waals surface area contributed by atoms with Crippen LogP contribution in [-0.2, 0) is 0 Å². The molecule has 8 aromatic carbocycles. The summed E-state index contributed by atoms with van der Waals surface area (Å²) in [5.41, 5.74) is 13.6. The maximum atomic E-state index is 5.25. The van der Waals surface area contributed by atoms with Gasteiger partial charge in [0.05, 0.1) is 38.2 Å². The summed E-state index contributed by atoms with van der Waals surface area (Å²) in [5, 5.41) is 7.69. The van der Waals surface area contributed by atoms with Gasteiger partial charge in [0.25, 0.3) is 0 Å². The van der Waals surface area contributed by atoms with Crippen LogP contribution in [-0.4, -0.2) is 14.1 Å². The van der Waals surface area contributed by atoms with Gasteiger partial charge in [-0.05, 0) is 65.7 Å². The van der Waals surface area contributed by atoms with Crippen molar-refractivity contribution in [1.29, 1.82) is 0 Å². The number of benzene rings is 8. The average Bonchev–Trinajstić information content (AvgIpc) is 3.95. The van der Waals surface area contributed by atoms with E-state index in [0.29, 0.717) is 0 Å². The Morgan fingerprint density at radius 2 is 0.842 bits per heavy atom. The first kappa shape index (κ1) is 32.0. The van der Waals surface area contributed by atoms with Gasteiger partial charge in [-0.15, -0.1) is 11.3 Å². The van der Waals surface area contributed by atoms with Gasteiger partial charge >= 0.3 is 0 Å². The number of hydrogen-bond donors (Lipinski definition) is 0. The van der Waals surface area contributed by atoms with E-state index in [1.807, 2.05) is 11.3 Å². The monoisotopic (exact) mass is 743 g/mol. The largest absolute Gasteiger partial charge is 0.309 e. The molecule has 4 heterocycles. The number of hydrogen-bond acceptors (Lipinski definition) is 2. The molecule has 12 aromatic rings. The van der Waals surface area contributed by atoms with E-state index in [0.717, 1.165) is 39.5 Å². The van der Waals surface area contributed by atoms with Crippen molar-refractivity contribution < 1.29 is 0 Å².